The molecule has 2 aromatic rings. The summed E-state index contributed by atoms with van der Waals surface area (Å²) in [6, 6.07) is 9.53. The van der Waals surface area contributed by atoms with Gasteiger partial charge in [-0.1, -0.05) is 17.9 Å². The highest BCUT2D eigenvalue weighted by atomic mass is 16.5. The van der Waals surface area contributed by atoms with Gasteiger partial charge in [0, 0.05) is 24.1 Å². The first-order chi connectivity index (χ1) is 12.2. The molecule has 0 aliphatic heterocycles. The minimum atomic E-state index is -0.373. The van der Waals surface area contributed by atoms with Gasteiger partial charge in [0.25, 0.3) is 0 Å². The summed E-state index contributed by atoms with van der Waals surface area (Å²) in [6.45, 7) is 2.48. The summed E-state index contributed by atoms with van der Waals surface area (Å²) in [5, 5.41) is 3.66. The maximum Gasteiger partial charge on any atom is 0.306 e. The Bertz CT molecular complexity index is 793. The Hall–Kier alpha value is -3.07. The maximum atomic E-state index is 11.5. The third-order valence-corrected chi connectivity index (χ3v) is 3.25. The van der Waals surface area contributed by atoms with Crippen LogP contribution in [-0.2, 0) is 14.3 Å². The number of amides is 1. The number of aromatic nitrogens is 1. The van der Waals surface area contributed by atoms with Crippen LogP contribution >= 0.6 is 0 Å². The second kappa shape index (κ2) is 9.93. The van der Waals surface area contributed by atoms with Crippen LogP contribution in [0.15, 0.2) is 36.5 Å². The molecule has 0 spiro atoms. The van der Waals surface area contributed by atoms with E-state index >= 15 is 0 Å². The van der Waals surface area contributed by atoms with E-state index in [-0.39, 0.29) is 37.9 Å². The number of pyridine rings is 1. The van der Waals surface area contributed by atoms with Crippen LogP contribution in [0.25, 0.3) is 10.9 Å². The van der Waals surface area contributed by atoms with Gasteiger partial charge in [-0.2, -0.15) is 0 Å². The van der Waals surface area contributed by atoms with Gasteiger partial charge in [-0.15, -0.1) is 0 Å². The number of ether oxygens (including phenoxy) is 2. The lowest BCUT2D eigenvalue weighted by Crippen LogP contribution is -2.24. The first-order valence-corrected chi connectivity index (χ1v) is 8.04. The minimum absolute atomic E-state index is 0.0756. The molecular weight excluding hydrogens is 320 g/mol. The molecule has 1 amide bonds. The van der Waals surface area contributed by atoms with Crippen LogP contribution in [0.3, 0.4) is 0 Å². The van der Waals surface area contributed by atoms with Crippen molar-refractivity contribution in [3.8, 4) is 17.6 Å². The van der Waals surface area contributed by atoms with Gasteiger partial charge in [0.15, 0.2) is 0 Å². The summed E-state index contributed by atoms with van der Waals surface area (Å²) in [7, 11) is 0. The van der Waals surface area contributed by atoms with Crippen LogP contribution in [0, 0.1) is 11.8 Å². The van der Waals surface area contributed by atoms with Crippen LogP contribution in [-0.4, -0.2) is 36.6 Å². The molecular formula is C19H20N2O4. The lowest BCUT2D eigenvalue weighted by Gasteiger charge is -2.03. The van der Waals surface area contributed by atoms with Crippen molar-refractivity contribution in [3.63, 3.8) is 0 Å². The Kier molecular flexibility index (Phi) is 7.26. The zero-order valence-electron chi connectivity index (χ0n) is 14.1. The van der Waals surface area contributed by atoms with Gasteiger partial charge in [-0.3, -0.25) is 14.6 Å². The molecule has 0 saturated carbocycles. The number of hydrogen-bond acceptors (Lipinski definition) is 5. The second-order valence-electron chi connectivity index (χ2n) is 5.08. The van der Waals surface area contributed by atoms with E-state index in [1.54, 1.807) is 13.1 Å². The van der Waals surface area contributed by atoms with E-state index in [2.05, 4.69) is 22.1 Å². The fourth-order valence-corrected chi connectivity index (χ4v) is 2.05. The standard InChI is InChI=1S/C19H20N2O4/c1-2-24-19(23)10-9-18(22)21-11-3-4-13-25-16-8-7-15-6-5-12-20-17(15)14-16/h5-8,12,14H,2,9-11,13H2,1H3,(H,21,22). The highest BCUT2D eigenvalue weighted by Gasteiger charge is 2.06. The summed E-state index contributed by atoms with van der Waals surface area (Å²) in [5.41, 5.74) is 0.863. The molecule has 0 radical (unpaired) electrons. The zero-order chi connectivity index (χ0) is 17.9. The topological polar surface area (TPSA) is 77.5 Å². The van der Waals surface area contributed by atoms with E-state index in [4.69, 9.17) is 9.47 Å². The number of hydrogen-bond donors (Lipinski definition) is 1. The first kappa shape index (κ1) is 18.3. The number of carbonyl (C=O) groups is 2. The normalized spacial score (nSPS) is 9.80. The summed E-state index contributed by atoms with van der Waals surface area (Å²) >= 11 is 0. The second-order valence-corrected chi connectivity index (χ2v) is 5.08. The number of benzene rings is 1. The molecule has 25 heavy (non-hydrogen) atoms. The highest BCUT2D eigenvalue weighted by molar-refractivity contribution is 5.81. The Morgan fingerprint density at radius 3 is 2.92 bits per heavy atom. The van der Waals surface area contributed by atoms with Crippen LogP contribution in [0.5, 0.6) is 5.75 Å². The van der Waals surface area contributed by atoms with Crippen molar-refractivity contribution in [1.29, 1.82) is 0 Å². The van der Waals surface area contributed by atoms with Gasteiger partial charge in [-0.25, -0.2) is 0 Å². The third-order valence-electron chi connectivity index (χ3n) is 3.25. The highest BCUT2D eigenvalue weighted by Crippen LogP contribution is 2.18. The summed E-state index contributed by atoms with van der Waals surface area (Å²) < 4.78 is 10.3. The van der Waals surface area contributed by atoms with Crippen molar-refractivity contribution in [2.45, 2.75) is 19.8 Å². The Balaban J connectivity index is 1.66. The molecule has 0 aliphatic rings. The molecule has 1 N–H and O–H groups in total. The molecule has 1 aromatic heterocycles. The predicted molar refractivity (Wildman–Crippen MR) is 93.9 cm³/mol. The van der Waals surface area contributed by atoms with Gasteiger partial charge < -0.3 is 14.8 Å². The van der Waals surface area contributed by atoms with Crippen LogP contribution in [0.4, 0.5) is 0 Å². The molecule has 0 unspecified atom stereocenters. The number of fused-ring (bicyclic) bond motifs is 1. The van der Waals surface area contributed by atoms with Crippen molar-refractivity contribution in [1.82, 2.24) is 10.3 Å². The van der Waals surface area contributed by atoms with E-state index in [0.29, 0.717) is 12.4 Å². The van der Waals surface area contributed by atoms with E-state index in [1.807, 2.05) is 30.3 Å². The molecule has 6 heteroatoms. The van der Waals surface area contributed by atoms with Crippen molar-refractivity contribution in [2.24, 2.45) is 0 Å². The molecule has 6 nitrogen and oxygen atoms in total. The summed E-state index contributed by atoms with van der Waals surface area (Å²) in [5.74, 6) is 5.71. The molecule has 0 aliphatic carbocycles. The van der Waals surface area contributed by atoms with Crippen molar-refractivity contribution in [2.75, 3.05) is 19.8 Å². The molecule has 1 heterocycles. The van der Waals surface area contributed by atoms with E-state index in [9.17, 15) is 9.59 Å². The van der Waals surface area contributed by atoms with E-state index in [1.165, 1.54) is 0 Å². The van der Waals surface area contributed by atoms with Crippen molar-refractivity contribution >= 4 is 22.8 Å². The van der Waals surface area contributed by atoms with Gasteiger partial charge in [0.2, 0.25) is 5.91 Å². The smallest absolute Gasteiger partial charge is 0.306 e. The number of nitrogens with one attached hydrogen (secondary N) is 1. The van der Waals surface area contributed by atoms with Crippen molar-refractivity contribution < 1.29 is 19.1 Å². The van der Waals surface area contributed by atoms with Crippen LogP contribution in [0.1, 0.15) is 19.8 Å². The maximum absolute atomic E-state index is 11.5. The summed E-state index contributed by atoms with van der Waals surface area (Å²) in [6.07, 6.45) is 1.91. The number of esters is 1. The molecule has 0 bridgehead atoms. The predicted octanol–water partition coefficient (Wildman–Crippen LogP) is 2.08. The molecule has 0 fully saturated rings. The SMILES string of the molecule is CCOC(=O)CCC(=O)NCC#CCOc1ccc2cccnc2c1. The Morgan fingerprint density at radius 1 is 1.20 bits per heavy atom. The van der Waals surface area contributed by atoms with Gasteiger partial charge >= 0.3 is 5.97 Å². The fourth-order valence-electron chi connectivity index (χ4n) is 2.05. The van der Waals surface area contributed by atoms with Gasteiger partial charge in [-0.05, 0) is 25.1 Å². The number of nitrogens with zero attached hydrogens (tertiary/aromatic N) is 1. The zero-order valence-corrected chi connectivity index (χ0v) is 14.1. The quantitative estimate of drug-likeness (QED) is 0.617. The van der Waals surface area contributed by atoms with E-state index in [0.717, 1.165) is 10.9 Å². The average molecular weight is 340 g/mol. The Morgan fingerprint density at radius 2 is 2.08 bits per heavy atom. The van der Waals surface area contributed by atoms with Crippen molar-refractivity contribution in [3.05, 3.63) is 36.5 Å². The first-order valence-electron chi connectivity index (χ1n) is 8.04. The molecule has 0 saturated heterocycles. The van der Waals surface area contributed by atoms with Gasteiger partial charge in [0.1, 0.15) is 12.4 Å². The number of carbonyl (C=O) groups excluding carboxylic acids is 2. The fraction of sp³-hybridized carbons (Fsp3) is 0.316. The molecule has 0 atom stereocenters. The van der Waals surface area contributed by atoms with Crippen LogP contribution in [0.2, 0.25) is 0 Å². The lowest BCUT2D eigenvalue weighted by molar-refractivity contribution is -0.144. The van der Waals surface area contributed by atoms with Gasteiger partial charge in [0.05, 0.1) is 25.1 Å². The van der Waals surface area contributed by atoms with Crippen LogP contribution < -0.4 is 10.1 Å². The van der Waals surface area contributed by atoms with E-state index < -0.39 is 0 Å². The third kappa shape index (κ3) is 6.51. The molecule has 2 rings (SSSR count). The molecule has 130 valence electrons. The largest absolute Gasteiger partial charge is 0.481 e. The Labute approximate surface area is 146 Å². The molecule has 1 aromatic carbocycles. The minimum Gasteiger partial charge on any atom is -0.481 e. The monoisotopic (exact) mass is 340 g/mol. The lowest BCUT2D eigenvalue weighted by atomic mass is 10.2. The summed E-state index contributed by atoms with van der Waals surface area (Å²) in [4.78, 5) is 26.9. The number of rotatable bonds is 7. The average Bonchev–Trinajstić information content (AvgIpc) is 2.63.